The first-order valence-electron chi connectivity index (χ1n) is 12.4. The standard InChI is InChI=1S/C30H24Cl2N4O3/c31-23-10-6-21(7-11-23)28-29(34-35-36(28)17-20-4-2-1-3-5-20)30(37,22-8-12-24(32)13-9-22)18-33-25-14-15-26-27(16-25)39-19-38-26/h1-16,33,37H,17-19H2. The second kappa shape index (κ2) is 10.6. The summed E-state index contributed by atoms with van der Waals surface area (Å²) in [4.78, 5) is 0. The second-order valence-electron chi connectivity index (χ2n) is 9.23. The highest BCUT2D eigenvalue weighted by atomic mass is 35.5. The van der Waals surface area contributed by atoms with E-state index in [0.717, 1.165) is 16.8 Å². The lowest BCUT2D eigenvalue weighted by molar-refractivity contribution is 0.0907. The molecule has 0 saturated carbocycles. The minimum Gasteiger partial charge on any atom is -0.454 e. The molecule has 0 amide bonds. The molecule has 7 nitrogen and oxygen atoms in total. The number of nitrogens with one attached hydrogen (secondary N) is 1. The average Bonchev–Trinajstić information content (AvgIpc) is 3.60. The van der Waals surface area contributed by atoms with Crippen molar-refractivity contribution in [2.45, 2.75) is 12.1 Å². The first-order chi connectivity index (χ1) is 19.0. The van der Waals surface area contributed by atoms with Crippen LogP contribution < -0.4 is 14.8 Å². The van der Waals surface area contributed by atoms with Crippen molar-refractivity contribution in [2.24, 2.45) is 0 Å². The molecular formula is C30H24Cl2N4O3. The van der Waals surface area contributed by atoms with E-state index in [1.54, 1.807) is 28.9 Å². The molecule has 0 radical (unpaired) electrons. The van der Waals surface area contributed by atoms with Crippen LogP contribution in [0.2, 0.25) is 10.0 Å². The van der Waals surface area contributed by atoms with Gasteiger partial charge in [0, 0.05) is 27.4 Å². The lowest BCUT2D eigenvalue weighted by atomic mass is 9.87. The van der Waals surface area contributed by atoms with Crippen LogP contribution in [0.15, 0.2) is 97.1 Å². The van der Waals surface area contributed by atoms with Crippen LogP contribution in [0.25, 0.3) is 11.3 Å². The first kappa shape index (κ1) is 25.2. The summed E-state index contributed by atoms with van der Waals surface area (Å²) >= 11 is 12.4. The number of rotatable bonds is 8. The Kier molecular flexibility index (Phi) is 6.87. The van der Waals surface area contributed by atoms with Gasteiger partial charge in [-0.3, -0.25) is 0 Å². The number of hydrogen-bond acceptors (Lipinski definition) is 6. The van der Waals surface area contributed by atoms with Crippen LogP contribution in [0.4, 0.5) is 5.69 Å². The van der Waals surface area contributed by atoms with Crippen molar-refractivity contribution in [3.05, 3.63) is 124 Å². The van der Waals surface area contributed by atoms with Crippen molar-refractivity contribution < 1.29 is 14.6 Å². The molecule has 0 aliphatic carbocycles. The SMILES string of the molecule is OC(CNc1ccc2c(c1)OCO2)(c1ccc(Cl)cc1)c1nnn(Cc2ccccc2)c1-c1ccc(Cl)cc1. The van der Waals surface area contributed by atoms with Crippen molar-refractivity contribution >= 4 is 28.9 Å². The summed E-state index contributed by atoms with van der Waals surface area (Å²) in [6, 6.07) is 30.1. The van der Waals surface area contributed by atoms with Gasteiger partial charge in [0.25, 0.3) is 0 Å². The zero-order chi connectivity index (χ0) is 26.8. The van der Waals surface area contributed by atoms with E-state index < -0.39 is 5.60 Å². The molecule has 5 aromatic rings. The Bertz CT molecular complexity index is 1590. The maximum Gasteiger partial charge on any atom is 0.231 e. The molecule has 1 aliphatic heterocycles. The minimum atomic E-state index is -1.58. The van der Waals surface area contributed by atoms with Crippen molar-refractivity contribution in [1.82, 2.24) is 15.0 Å². The largest absolute Gasteiger partial charge is 0.454 e. The Morgan fingerprint density at radius 3 is 2.28 bits per heavy atom. The molecule has 1 aliphatic rings. The fourth-order valence-electron chi connectivity index (χ4n) is 4.64. The number of benzene rings is 4. The third-order valence-electron chi connectivity index (χ3n) is 6.66. The van der Waals surface area contributed by atoms with E-state index in [0.29, 0.717) is 45.0 Å². The van der Waals surface area contributed by atoms with E-state index in [1.165, 1.54) is 0 Å². The van der Waals surface area contributed by atoms with Crippen LogP contribution in [0.3, 0.4) is 0 Å². The summed E-state index contributed by atoms with van der Waals surface area (Å²) in [7, 11) is 0. The fourth-order valence-corrected chi connectivity index (χ4v) is 4.89. The molecule has 0 fully saturated rings. The zero-order valence-electron chi connectivity index (χ0n) is 20.7. The van der Waals surface area contributed by atoms with Gasteiger partial charge in [-0.15, -0.1) is 5.10 Å². The van der Waals surface area contributed by atoms with Gasteiger partial charge in [-0.25, -0.2) is 4.68 Å². The number of nitrogens with zero attached hydrogens (tertiary/aromatic N) is 3. The number of anilines is 1. The van der Waals surface area contributed by atoms with Crippen LogP contribution in [0.5, 0.6) is 11.5 Å². The molecular weight excluding hydrogens is 535 g/mol. The van der Waals surface area contributed by atoms with E-state index in [-0.39, 0.29) is 13.3 Å². The number of halogens is 2. The Labute approximate surface area is 235 Å². The number of hydrogen-bond donors (Lipinski definition) is 2. The smallest absolute Gasteiger partial charge is 0.231 e. The average molecular weight is 559 g/mol. The molecule has 196 valence electrons. The molecule has 0 saturated heterocycles. The van der Waals surface area contributed by atoms with Crippen molar-refractivity contribution in [1.29, 1.82) is 0 Å². The van der Waals surface area contributed by atoms with Gasteiger partial charge in [0.15, 0.2) is 17.1 Å². The molecule has 0 bridgehead atoms. The third-order valence-corrected chi connectivity index (χ3v) is 7.17. The highest BCUT2D eigenvalue weighted by Gasteiger charge is 2.38. The molecule has 9 heteroatoms. The molecule has 1 aromatic heterocycles. The summed E-state index contributed by atoms with van der Waals surface area (Å²) in [6.45, 7) is 0.749. The van der Waals surface area contributed by atoms with Crippen LogP contribution in [-0.4, -0.2) is 33.4 Å². The van der Waals surface area contributed by atoms with Crippen molar-refractivity contribution in [2.75, 3.05) is 18.7 Å². The predicted molar refractivity (Wildman–Crippen MR) is 152 cm³/mol. The summed E-state index contributed by atoms with van der Waals surface area (Å²) in [5.74, 6) is 1.33. The Hall–Kier alpha value is -4.04. The molecule has 4 aromatic carbocycles. The molecule has 2 heterocycles. The topological polar surface area (TPSA) is 81.4 Å². The lowest BCUT2D eigenvalue weighted by Gasteiger charge is -2.29. The molecule has 1 atom stereocenters. The summed E-state index contributed by atoms with van der Waals surface area (Å²) in [6.07, 6.45) is 0. The van der Waals surface area contributed by atoms with Gasteiger partial charge in [-0.2, -0.15) is 0 Å². The van der Waals surface area contributed by atoms with Crippen LogP contribution in [-0.2, 0) is 12.1 Å². The molecule has 0 spiro atoms. The van der Waals surface area contributed by atoms with Gasteiger partial charge in [0.1, 0.15) is 5.69 Å². The first-order valence-corrected chi connectivity index (χ1v) is 13.1. The van der Waals surface area contributed by atoms with Gasteiger partial charge in [-0.1, -0.05) is 83.0 Å². The van der Waals surface area contributed by atoms with E-state index >= 15 is 0 Å². The quantitative estimate of drug-likeness (QED) is 0.230. The van der Waals surface area contributed by atoms with Gasteiger partial charge in [0.2, 0.25) is 6.79 Å². The van der Waals surface area contributed by atoms with Crippen LogP contribution in [0, 0.1) is 0 Å². The lowest BCUT2D eigenvalue weighted by Crippen LogP contribution is -2.36. The van der Waals surface area contributed by atoms with Gasteiger partial charge in [-0.05, 0) is 47.5 Å². The molecule has 2 N–H and O–H groups in total. The number of ether oxygens (including phenoxy) is 2. The van der Waals surface area contributed by atoms with Crippen LogP contribution in [0.1, 0.15) is 16.8 Å². The Morgan fingerprint density at radius 1 is 0.846 bits per heavy atom. The Balaban J connectivity index is 1.45. The highest BCUT2D eigenvalue weighted by molar-refractivity contribution is 6.30. The van der Waals surface area contributed by atoms with E-state index in [1.807, 2.05) is 72.8 Å². The van der Waals surface area contributed by atoms with E-state index in [9.17, 15) is 5.11 Å². The number of fused-ring (bicyclic) bond motifs is 1. The van der Waals surface area contributed by atoms with Gasteiger partial charge < -0.3 is 19.9 Å². The van der Waals surface area contributed by atoms with Gasteiger partial charge >= 0.3 is 0 Å². The predicted octanol–water partition coefficient (Wildman–Crippen LogP) is 6.38. The number of aliphatic hydroxyl groups is 1. The van der Waals surface area contributed by atoms with E-state index in [2.05, 4.69) is 15.6 Å². The maximum absolute atomic E-state index is 12.5. The summed E-state index contributed by atoms with van der Waals surface area (Å²) in [5.41, 5.74) is 2.75. The van der Waals surface area contributed by atoms with E-state index in [4.69, 9.17) is 32.7 Å². The molecule has 39 heavy (non-hydrogen) atoms. The summed E-state index contributed by atoms with van der Waals surface area (Å²) in [5, 5.41) is 26.1. The molecule has 1 unspecified atom stereocenters. The normalized spacial score (nSPS) is 13.7. The van der Waals surface area contributed by atoms with Gasteiger partial charge in [0.05, 0.1) is 18.8 Å². The highest BCUT2D eigenvalue weighted by Crippen LogP contribution is 2.38. The van der Waals surface area contributed by atoms with Crippen molar-refractivity contribution in [3.8, 4) is 22.8 Å². The number of aromatic nitrogens is 3. The zero-order valence-corrected chi connectivity index (χ0v) is 22.2. The summed E-state index contributed by atoms with van der Waals surface area (Å²) < 4.78 is 12.8. The monoisotopic (exact) mass is 558 g/mol. The fraction of sp³-hybridized carbons (Fsp3) is 0.133. The van der Waals surface area contributed by atoms with Crippen molar-refractivity contribution in [3.63, 3.8) is 0 Å². The molecule has 6 rings (SSSR count). The maximum atomic E-state index is 12.5. The van der Waals surface area contributed by atoms with Crippen LogP contribution >= 0.6 is 23.2 Å². The minimum absolute atomic E-state index is 0.0961. The third kappa shape index (κ3) is 5.16. The Morgan fingerprint density at radius 2 is 1.54 bits per heavy atom. The second-order valence-corrected chi connectivity index (χ2v) is 10.1.